The van der Waals surface area contributed by atoms with Crippen LogP contribution in [0.15, 0.2) is 24.3 Å². The van der Waals surface area contributed by atoms with E-state index in [1.54, 1.807) is 0 Å². The molecule has 2 aliphatic rings. The Bertz CT molecular complexity index is 442. The van der Waals surface area contributed by atoms with Crippen molar-refractivity contribution in [2.45, 2.75) is 57.2 Å². The molecule has 0 spiro atoms. The van der Waals surface area contributed by atoms with Gasteiger partial charge < -0.3 is 10.6 Å². The van der Waals surface area contributed by atoms with Gasteiger partial charge in [-0.25, -0.2) is 0 Å². The highest BCUT2D eigenvalue weighted by molar-refractivity contribution is 5.94. The van der Waals surface area contributed by atoms with Crippen molar-refractivity contribution in [2.75, 3.05) is 0 Å². The Hall–Kier alpha value is -1.35. The van der Waals surface area contributed by atoms with E-state index >= 15 is 0 Å². The molecule has 19 heavy (non-hydrogen) atoms. The first-order chi connectivity index (χ1) is 9.24. The zero-order valence-electron chi connectivity index (χ0n) is 11.5. The van der Waals surface area contributed by atoms with Gasteiger partial charge in [0.2, 0.25) is 0 Å². The molecule has 2 aliphatic heterocycles. The van der Waals surface area contributed by atoms with Gasteiger partial charge in [-0.2, -0.15) is 0 Å². The van der Waals surface area contributed by atoms with Crippen molar-refractivity contribution in [3.05, 3.63) is 35.4 Å². The van der Waals surface area contributed by atoms with Crippen LogP contribution in [-0.4, -0.2) is 24.0 Å². The first-order valence-electron chi connectivity index (χ1n) is 7.40. The van der Waals surface area contributed by atoms with Gasteiger partial charge in [-0.3, -0.25) is 4.79 Å². The van der Waals surface area contributed by atoms with Crippen LogP contribution >= 0.6 is 0 Å². The van der Waals surface area contributed by atoms with Crippen LogP contribution in [-0.2, 0) is 6.42 Å². The van der Waals surface area contributed by atoms with Crippen LogP contribution in [0.2, 0.25) is 0 Å². The molecule has 0 radical (unpaired) electrons. The molecule has 2 unspecified atom stereocenters. The number of carbonyl (C=O) groups excluding carboxylic acids is 1. The first kappa shape index (κ1) is 12.7. The van der Waals surface area contributed by atoms with Crippen LogP contribution < -0.4 is 10.6 Å². The van der Waals surface area contributed by atoms with Crippen molar-refractivity contribution >= 4 is 5.91 Å². The fourth-order valence-corrected chi connectivity index (χ4v) is 3.34. The number of carbonyl (C=O) groups is 1. The minimum atomic E-state index is 0.0777. The van der Waals surface area contributed by atoms with Gasteiger partial charge in [-0.15, -0.1) is 0 Å². The second-order valence-electron chi connectivity index (χ2n) is 5.83. The van der Waals surface area contributed by atoms with Gasteiger partial charge in [-0.1, -0.05) is 19.1 Å². The van der Waals surface area contributed by atoms with Gasteiger partial charge in [0.1, 0.15) is 0 Å². The van der Waals surface area contributed by atoms with E-state index < -0.39 is 0 Å². The van der Waals surface area contributed by atoms with E-state index in [-0.39, 0.29) is 5.91 Å². The summed E-state index contributed by atoms with van der Waals surface area (Å²) in [6.07, 6.45) is 5.70. The second kappa shape index (κ2) is 5.33. The Morgan fingerprint density at radius 1 is 1.21 bits per heavy atom. The lowest BCUT2D eigenvalue weighted by atomic mass is 9.99. The van der Waals surface area contributed by atoms with Gasteiger partial charge in [-0.05, 0) is 49.8 Å². The topological polar surface area (TPSA) is 41.1 Å². The van der Waals surface area contributed by atoms with Gasteiger partial charge in [0.15, 0.2) is 0 Å². The number of hydrogen-bond acceptors (Lipinski definition) is 2. The molecule has 1 aromatic rings. The van der Waals surface area contributed by atoms with E-state index in [9.17, 15) is 4.79 Å². The van der Waals surface area contributed by atoms with Crippen molar-refractivity contribution in [2.24, 2.45) is 0 Å². The van der Waals surface area contributed by atoms with E-state index in [2.05, 4.69) is 17.6 Å². The highest BCUT2D eigenvalue weighted by Crippen LogP contribution is 2.26. The Morgan fingerprint density at radius 2 is 1.84 bits per heavy atom. The van der Waals surface area contributed by atoms with Crippen molar-refractivity contribution in [1.82, 2.24) is 10.6 Å². The molecule has 2 fully saturated rings. The fourth-order valence-electron chi connectivity index (χ4n) is 3.34. The molecule has 2 saturated heterocycles. The van der Waals surface area contributed by atoms with Gasteiger partial charge in [0.05, 0.1) is 0 Å². The molecule has 102 valence electrons. The predicted octanol–water partition coefficient (Wildman–Crippen LogP) is 2.26. The summed E-state index contributed by atoms with van der Waals surface area (Å²) < 4.78 is 0. The van der Waals surface area contributed by atoms with E-state index in [4.69, 9.17) is 0 Å². The number of benzene rings is 1. The highest BCUT2D eigenvalue weighted by atomic mass is 16.1. The lowest BCUT2D eigenvalue weighted by Gasteiger charge is -2.29. The van der Waals surface area contributed by atoms with Gasteiger partial charge >= 0.3 is 0 Å². The molecule has 3 heteroatoms. The Balaban J connectivity index is 1.61. The minimum Gasteiger partial charge on any atom is -0.349 e. The van der Waals surface area contributed by atoms with E-state index in [1.165, 1.54) is 18.4 Å². The summed E-state index contributed by atoms with van der Waals surface area (Å²) in [5.41, 5.74) is 2.06. The number of fused-ring (bicyclic) bond motifs is 2. The monoisotopic (exact) mass is 258 g/mol. The third-order valence-electron chi connectivity index (χ3n) is 4.43. The number of piperidine rings is 1. The lowest BCUT2D eigenvalue weighted by Crippen LogP contribution is -2.48. The fraction of sp³-hybridized carbons (Fsp3) is 0.562. The maximum atomic E-state index is 12.2. The molecular formula is C16H22N2O. The van der Waals surface area contributed by atoms with E-state index in [1.807, 2.05) is 24.3 Å². The SMILES string of the molecule is CCc1ccc(C(=O)NC2CC3CCC(C2)N3)cc1. The van der Waals surface area contributed by atoms with Crippen LogP contribution in [0, 0.1) is 0 Å². The minimum absolute atomic E-state index is 0.0777. The third kappa shape index (κ3) is 2.81. The van der Waals surface area contributed by atoms with Crippen LogP contribution in [0.25, 0.3) is 0 Å². The largest absolute Gasteiger partial charge is 0.349 e. The Labute approximate surface area is 114 Å². The highest BCUT2D eigenvalue weighted by Gasteiger charge is 2.33. The normalized spacial score (nSPS) is 29.2. The Morgan fingerprint density at radius 3 is 2.42 bits per heavy atom. The molecule has 3 rings (SSSR count). The third-order valence-corrected chi connectivity index (χ3v) is 4.43. The number of rotatable bonds is 3. The number of nitrogens with one attached hydrogen (secondary N) is 2. The van der Waals surface area contributed by atoms with Crippen molar-refractivity contribution < 1.29 is 4.79 Å². The molecule has 2 N–H and O–H groups in total. The maximum absolute atomic E-state index is 12.2. The number of amides is 1. The van der Waals surface area contributed by atoms with Crippen LogP contribution in [0.1, 0.15) is 48.5 Å². The zero-order chi connectivity index (χ0) is 13.2. The average molecular weight is 258 g/mol. The average Bonchev–Trinajstić information content (AvgIpc) is 2.78. The lowest BCUT2D eigenvalue weighted by molar-refractivity contribution is 0.0924. The molecule has 3 nitrogen and oxygen atoms in total. The molecule has 2 heterocycles. The zero-order valence-corrected chi connectivity index (χ0v) is 11.5. The standard InChI is InChI=1S/C16H22N2O/c1-2-11-3-5-12(6-4-11)16(19)18-15-9-13-7-8-14(10-15)17-13/h3-6,13-15,17H,2,7-10H2,1H3,(H,18,19). The summed E-state index contributed by atoms with van der Waals surface area (Å²) in [5, 5.41) is 6.79. The maximum Gasteiger partial charge on any atom is 0.251 e. The molecule has 1 aromatic carbocycles. The summed E-state index contributed by atoms with van der Waals surface area (Å²) in [6.45, 7) is 2.12. The smallest absolute Gasteiger partial charge is 0.251 e. The molecule has 0 saturated carbocycles. The first-order valence-corrected chi connectivity index (χ1v) is 7.40. The van der Waals surface area contributed by atoms with Crippen LogP contribution in [0.5, 0.6) is 0 Å². The number of hydrogen-bond donors (Lipinski definition) is 2. The van der Waals surface area contributed by atoms with Crippen LogP contribution in [0.3, 0.4) is 0 Å². The molecule has 2 bridgehead atoms. The summed E-state index contributed by atoms with van der Waals surface area (Å²) in [5.74, 6) is 0.0777. The van der Waals surface area contributed by atoms with Gasteiger partial charge in [0.25, 0.3) is 5.91 Å². The quantitative estimate of drug-likeness (QED) is 0.873. The van der Waals surface area contributed by atoms with E-state index in [0.717, 1.165) is 24.8 Å². The van der Waals surface area contributed by atoms with E-state index in [0.29, 0.717) is 18.1 Å². The summed E-state index contributed by atoms with van der Waals surface area (Å²) in [6, 6.07) is 9.53. The molecular weight excluding hydrogens is 236 g/mol. The summed E-state index contributed by atoms with van der Waals surface area (Å²) in [7, 11) is 0. The molecule has 1 amide bonds. The van der Waals surface area contributed by atoms with Crippen LogP contribution in [0.4, 0.5) is 0 Å². The molecule has 2 atom stereocenters. The molecule has 0 aromatic heterocycles. The van der Waals surface area contributed by atoms with Crippen molar-refractivity contribution in [3.8, 4) is 0 Å². The van der Waals surface area contributed by atoms with Crippen molar-refractivity contribution in [3.63, 3.8) is 0 Å². The molecule has 0 aliphatic carbocycles. The van der Waals surface area contributed by atoms with Gasteiger partial charge in [0, 0.05) is 23.7 Å². The predicted molar refractivity (Wildman–Crippen MR) is 76.3 cm³/mol. The summed E-state index contributed by atoms with van der Waals surface area (Å²) >= 11 is 0. The second-order valence-corrected chi connectivity index (χ2v) is 5.83. The summed E-state index contributed by atoms with van der Waals surface area (Å²) in [4.78, 5) is 12.2. The Kier molecular flexibility index (Phi) is 3.56. The van der Waals surface area contributed by atoms with Crippen molar-refractivity contribution in [1.29, 1.82) is 0 Å². The number of aryl methyl sites for hydroxylation is 1.